The largest absolute Gasteiger partial charge is 0.508 e. The standard InChI is InChI=1S/C14H19N3O2/c1-4-8-15-10(3)13-16-17-14(19-13)11-6-5-7-12(18)9(11)2/h5-7,10,15,18H,4,8H2,1-3H3. The van der Waals surface area contributed by atoms with Gasteiger partial charge in [-0.1, -0.05) is 13.0 Å². The molecule has 2 N–H and O–H groups in total. The number of nitrogens with one attached hydrogen (secondary N) is 1. The number of rotatable bonds is 5. The molecule has 0 aliphatic heterocycles. The zero-order valence-electron chi connectivity index (χ0n) is 11.5. The highest BCUT2D eigenvalue weighted by Crippen LogP contribution is 2.28. The summed E-state index contributed by atoms with van der Waals surface area (Å²) in [5, 5.41) is 21.1. The number of benzene rings is 1. The molecule has 0 bridgehead atoms. The molecule has 2 aromatic rings. The molecule has 5 heteroatoms. The molecular weight excluding hydrogens is 242 g/mol. The van der Waals surface area contributed by atoms with Gasteiger partial charge in [0.05, 0.1) is 6.04 Å². The van der Waals surface area contributed by atoms with Gasteiger partial charge in [0.2, 0.25) is 11.8 Å². The van der Waals surface area contributed by atoms with Crippen molar-refractivity contribution in [2.45, 2.75) is 33.2 Å². The molecule has 0 spiro atoms. The highest BCUT2D eigenvalue weighted by Gasteiger charge is 2.16. The van der Waals surface area contributed by atoms with Crippen molar-refractivity contribution in [3.05, 3.63) is 29.7 Å². The van der Waals surface area contributed by atoms with E-state index in [1.165, 1.54) is 0 Å². The Morgan fingerprint density at radius 3 is 2.89 bits per heavy atom. The third kappa shape index (κ3) is 2.93. The first-order chi connectivity index (χ1) is 9.13. The Balaban J connectivity index is 2.23. The minimum Gasteiger partial charge on any atom is -0.508 e. The van der Waals surface area contributed by atoms with E-state index in [0.717, 1.165) is 24.1 Å². The number of nitrogens with zero attached hydrogens (tertiary/aromatic N) is 2. The van der Waals surface area contributed by atoms with E-state index in [1.807, 2.05) is 19.9 Å². The summed E-state index contributed by atoms with van der Waals surface area (Å²) in [7, 11) is 0. The number of hydrogen-bond acceptors (Lipinski definition) is 5. The van der Waals surface area contributed by atoms with E-state index in [4.69, 9.17) is 4.42 Å². The van der Waals surface area contributed by atoms with Crippen LogP contribution in [-0.2, 0) is 0 Å². The van der Waals surface area contributed by atoms with Gasteiger partial charge in [-0.25, -0.2) is 0 Å². The molecule has 0 fully saturated rings. The van der Waals surface area contributed by atoms with Gasteiger partial charge >= 0.3 is 0 Å². The Kier molecular flexibility index (Phi) is 4.16. The monoisotopic (exact) mass is 261 g/mol. The van der Waals surface area contributed by atoms with E-state index in [0.29, 0.717) is 11.8 Å². The third-order valence-corrected chi connectivity index (χ3v) is 3.05. The van der Waals surface area contributed by atoms with Gasteiger partial charge in [-0.05, 0) is 38.9 Å². The predicted molar refractivity (Wildman–Crippen MR) is 72.8 cm³/mol. The van der Waals surface area contributed by atoms with E-state index in [9.17, 15) is 5.11 Å². The summed E-state index contributed by atoms with van der Waals surface area (Å²) < 4.78 is 5.67. The maximum Gasteiger partial charge on any atom is 0.248 e. The van der Waals surface area contributed by atoms with Crippen molar-refractivity contribution in [1.29, 1.82) is 0 Å². The Morgan fingerprint density at radius 2 is 2.16 bits per heavy atom. The van der Waals surface area contributed by atoms with Gasteiger partial charge < -0.3 is 14.8 Å². The molecule has 0 aliphatic rings. The van der Waals surface area contributed by atoms with Crippen LogP contribution in [0.5, 0.6) is 5.75 Å². The SMILES string of the molecule is CCCNC(C)c1nnc(-c2cccc(O)c2C)o1. The van der Waals surface area contributed by atoms with Crippen LogP contribution in [0, 0.1) is 6.92 Å². The van der Waals surface area contributed by atoms with Crippen LogP contribution < -0.4 is 5.32 Å². The molecule has 1 unspecified atom stereocenters. The van der Waals surface area contributed by atoms with Gasteiger partial charge in [-0.15, -0.1) is 10.2 Å². The van der Waals surface area contributed by atoms with Crippen molar-refractivity contribution in [2.24, 2.45) is 0 Å². The van der Waals surface area contributed by atoms with E-state index >= 15 is 0 Å². The van der Waals surface area contributed by atoms with Crippen LogP contribution in [0.2, 0.25) is 0 Å². The second-order valence-corrected chi connectivity index (χ2v) is 4.57. The molecule has 0 saturated heterocycles. The lowest BCUT2D eigenvalue weighted by Gasteiger charge is -2.07. The summed E-state index contributed by atoms with van der Waals surface area (Å²) in [5.74, 6) is 1.23. The van der Waals surface area contributed by atoms with Crippen LogP contribution in [0.4, 0.5) is 0 Å². The Labute approximate surface area is 112 Å². The first-order valence-corrected chi connectivity index (χ1v) is 6.49. The van der Waals surface area contributed by atoms with Crippen LogP contribution in [0.25, 0.3) is 11.5 Å². The maximum atomic E-state index is 9.69. The highest BCUT2D eigenvalue weighted by atomic mass is 16.4. The average Bonchev–Trinajstić information content (AvgIpc) is 2.88. The third-order valence-electron chi connectivity index (χ3n) is 3.05. The molecule has 0 saturated carbocycles. The van der Waals surface area contributed by atoms with Gasteiger partial charge in [-0.3, -0.25) is 0 Å². The van der Waals surface area contributed by atoms with Gasteiger partial charge in [0.15, 0.2) is 0 Å². The lowest BCUT2D eigenvalue weighted by molar-refractivity contribution is 0.422. The molecule has 19 heavy (non-hydrogen) atoms. The number of phenols is 1. The highest BCUT2D eigenvalue weighted by molar-refractivity contribution is 5.61. The van der Waals surface area contributed by atoms with Crippen LogP contribution in [0.15, 0.2) is 22.6 Å². The molecule has 1 atom stereocenters. The minimum absolute atomic E-state index is 0.0267. The van der Waals surface area contributed by atoms with E-state index < -0.39 is 0 Å². The molecule has 2 rings (SSSR count). The lowest BCUT2D eigenvalue weighted by Crippen LogP contribution is -2.19. The van der Waals surface area contributed by atoms with E-state index in [1.54, 1.807) is 12.1 Å². The van der Waals surface area contributed by atoms with Crippen LogP contribution in [0.1, 0.15) is 37.8 Å². The molecule has 0 aliphatic carbocycles. The zero-order chi connectivity index (χ0) is 13.8. The Morgan fingerprint density at radius 1 is 1.37 bits per heavy atom. The first-order valence-electron chi connectivity index (χ1n) is 6.49. The smallest absolute Gasteiger partial charge is 0.248 e. The molecule has 1 heterocycles. The van der Waals surface area contributed by atoms with Gasteiger partial charge in [0, 0.05) is 11.1 Å². The fourth-order valence-corrected chi connectivity index (χ4v) is 1.82. The van der Waals surface area contributed by atoms with Gasteiger partial charge in [0.25, 0.3) is 0 Å². The fraction of sp³-hybridized carbons (Fsp3) is 0.429. The number of aromatic nitrogens is 2. The molecule has 0 amide bonds. The molecule has 102 valence electrons. The average molecular weight is 261 g/mol. The molecule has 0 radical (unpaired) electrons. The normalized spacial score (nSPS) is 12.6. The maximum absolute atomic E-state index is 9.69. The fourth-order valence-electron chi connectivity index (χ4n) is 1.82. The van der Waals surface area contributed by atoms with E-state index in [-0.39, 0.29) is 11.8 Å². The number of hydrogen-bond donors (Lipinski definition) is 2. The van der Waals surface area contributed by atoms with Crippen molar-refractivity contribution in [3.63, 3.8) is 0 Å². The molecule has 1 aromatic carbocycles. The predicted octanol–water partition coefficient (Wildman–Crippen LogP) is 2.81. The molecule has 5 nitrogen and oxygen atoms in total. The quantitative estimate of drug-likeness (QED) is 0.866. The first kappa shape index (κ1) is 13.5. The molecular formula is C14H19N3O2. The summed E-state index contributed by atoms with van der Waals surface area (Å²) in [6, 6.07) is 5.29. The lowest BCUT2D eigenvalue weighted by atomic mass is 10.1. The summed E-state index contributed by atoms with van der Waals surface area (Å²) in [6.07, 6.45) is 1.05. The molecule has 1 aromatic heterocycles. The van der Waals surface area contributed by atoms with Crippen molar-refractivity contribution < 1.29 is 9.52 Å². The number of aromatic hydroxyl groups is 1. The van der Waals surface area contributed by atoms with Crippen molar-refractivity contribution in [3.8, 4) is 17.2 Å². The second kappa shape index (κ2) is 5.84. The Bertz CT molecular complexity index is 551. The summed E-state index contributed by atoms with van der Waals surface area (Å²) in [4.78, 5) is 0. The topological polar surface area (TPSA) is 71.2 Å². The summed E-state index contributed by atoms with van der Waals surface area (Å²) in [6.45, 7) is 6.83. The summed E-state index contributed by atoms with van der Waals surface area (Å²) >= 11 is 0. The van der Waals surface area contributed by atoms with Gasteiger partial charge in [-0.2, -0.15) is 0 Å². The zero-order valence-corrected chi connectivity index (χ0v) is 11.5. The van der Waals surface area contributed by atoms with E-state index in [2.05, 4.69) is 22.4 Å². The van der Waals surface area contributed by atoms with Crippen molar-refractivity contribution >= 4 is 0 Å². The van der Waals surface area contributed by atoms with Crippen LogP contribution >= 0.6 is 0 Å². The van der Waals surface area contributed by atoms with Crippen LogP contribution in [-0.4, -0.2) is 21.8 Å². The van der Waals surface area contributed by atoms with Crippen molar-refractivity contribution in [2.75, 3.05) is 6.54 Å². The van der Waals surface area contributed by atoms with Crippen LogP contribution in [0.3, 0.4) is 0 Å². The Hall–Kier alpha value is -1.88. The minimum atomic E-state index is 0.0267. The second-order valence-electron chi connectivity index (χ2n) is 4.57. The van der Waals surface area contributed by atoms with Gasteiger partial charge in [0.1, 0.15) is 5.75 Å². The number of phenolic OH excluding ortho intramolecular Hbond substituents is 1. The van der Waals surface area contributed by atoms with Crippen molar-refractivity contribution in [1.82, 2.24) is 15.5 Å². The summed E-state index contributed by atoms with van der Waals surface area (Å²) in [5.41, 5.74) is 1.51.